The maximum absolute atomic E-state index is 11.7. The quantitative estimate of drug-likeness (QED) is 0.624. The number of rotatable bonds is 5. The van der Waals surface area contributed by atoms with E-state index in [4.69, 9.17) is 15.9 Å². The number of hydrogen-bond acceptors (Lipinski definition) is 4. The number of hydrogen-bond donors (Lipinski definition) is 1. The van der Waals surface area contributed by atoms with Crippen molar-refractivity contribution in [3.8, 4) is 12.3 Å². The zero-order valence-corrected chi connectivity index (χ0v) is 13.7. The Hall–Kier alpha value is -1.05. The smallest absolute Gasteiger partial charge is 0.311 e. The largest absolute Gasteiger partial charge is 0.469 e. The van der Waals surface area contributed by atoms with Gasteiger partial charge in [0.05, 0.1) is 31.3 Å². The Morgan fingerprint density at radius 1 is 1.38 bits per heavy atom. The molecule has 1 N–H and O–H groups in total. The van der Waals surface area contributed by atoms with Gasteiger partial charge in [-0.05, 0) is 32.6 Å². The summed E-state index contributed by atoms with van der Waals surface area (Å²) >= 11 is 0. The molecule has 0 spiro atoms. The van der Waals surface area contributed by atoms with Crippen LogP contribution in [0.4, 0.5) is 0 Å². The zero-order chi connectivity index (χ0) is 16.2. The number of carbonyl (C=O) groups is 1. The summed E-state index contributed by atoms with van der Waals surface area (Å²) in [5.74, 6) is 2.09. The van der Waals surface area contributed by atoms with Crippen LogP contribution in [0.5, 0.6) is 0 Å². The zero-order valence-electron chi connectivity index (χ0n) is 13.7. The van der Waals surface area contributed by atoms with Crippen LogP contribution < -0.4 is 0 Å². The molecule has 1 rings (SSSR count). The van der Waals surface area contributed by atoms with Gasteiger partial charge in [0, 0.05) is 11.8 Å². The van der Waals surface area contributed by atoms with E-state index in [-0.39, 0.29) is 35.9 Å². The minimum absolute atomic E-state index is 0.0707. The van der Waals surface area contributed by atoms with Crippen LogP contribution >= 0.6 is 0 Å². The summed E-state index contributed by atoms with van der Waals surface area (Å²) in [7, 11) is 1.39. The van der Waals surface area contributed by atoms with Crippen molar-refractivity contribution in [1.29, 1.82) is 0 Å². The SMILES string of the molecule is C#C[C@H](C)[C@H](O)[C@H](C)[C@H]1O[C@H]([C@H](C)C(=O)OC)CC[C@@H]1C. The number of aliphatic hydroxyl groups is 1. The molecule has 0 amide bonds. The highest BCUT2D eigenvalue weighted by Gasteiger charge is 2.39. The van der Waals surface area contributed by atoms with Crippen LogP contribution in [0.15, 0.2) is 0 Å². The van der Waals surface area contributed by atoms with Gasteiger partial charge in [-0.3, -0.25) is 4.79 Å². The van der Waals surface area contributed by atoms with Gasteiger partial charge in [0.2, 0.25) is 0 Å². The molecule has 1 heterocycles. The first kappa shape index (κ1) is 18.0. The van der Waals surface area contributed by atoms with E-state index in [0.717, 1.165) is 12.8 Å². The second-order valence-electron chi connectivity index (χ2n) is 6.31. The first-order valence-electron chi connectivity index (χ1n) is 7.70. The Morgan fingerprint density at radius 3 is 2.52 bits per heavy atom. The summed E-state index contributed by atoms with van der Waals surface area (Å²) in [6.45, 7) is 7.75. The Kier molecular flexibility index (Phi) is 6.70. The minimum Gasteiger partial charge on any atom is -0.469 e. The molecule has 1 aliphatic rings. The molecule has 0 aromatic rings. The van der Waals surface area contributed by atoms with Gasteiger partial charge in [0.15, 0.2) is 0 Å². The lowest BCUT2D eigenvalue weighted by Gasteiger charge is -2.41. The number of terminal acetylenes is 1. The van der Waals surface area contributed by atoms with Crippen molar-refractivity contribution in [2.45, 2.75) is 58.8 Å². The van der Waals surface area contributed by atoms with Crippen LogP contribution in [0.2, 0.25) is 0 Å². The van der Waals surface area contributed by atoms with Gasteiger partial charge in [-0.25, -0.2) is 0 Å². The second-order valence-corrected chi connectivity index (χ2v) is 6.31. The van der Waals surface area contributed by atoms with Gasteiger partial charge in [-0.15, -0.1) is 12.3 Å². The molecule has 0 aromatic heterocycles. The first-order valence-corrected chi connectivity index (χ1v) is 7.70. The van der Waals surface area contributed by atoms with E-state index in [1.807, 2.05) is 20.8 Å². The van der Waals surface area contributed by atoms with Crippen LogP contribution in [0, 0.1) is 36.0 Å². The fraction of sp³-hybridized carbons (Fsp3) is 0.824. The van der Waals surface area contributed by atoms with E-state index in [1.54, 1.807) is 0 Å². The summed E-state index contributed by atoms with van der Waals surface area (Å²) in [4.78, 5) is 11.7. The third-order valence-electron chi connectivity index (χ3n) is 4.76. The fourth-order valence-corrected chi connectivity index (χ4v) is 3.09. The predicted molar refractivity (Wildman–Crippen MR) is 81.4 cm³/mol. The summed E-state index contributed by atoms with van der Waals surface area (Å²) in [6.07, 6.45) is 6.35. The molecule has 120 valence electrons. The van der Waals surface area contributed by atoms with Gasteiger partial charge < -0.3 is 14.6 Å². The Balaban J connectivity index is 2.77. The average Bonchev–Trinajstić information content (AvgIpc) is 2.51. The molecule has 0 aromatic carbocycles. The van der Waals surface area contributed by atoms with Crippen LogP contribution in [0.3, 0.4) is 0 Å². The number of ether oxygens (including phenoxy) is 2. The Bertz CT molecular complexity index is 387. The van der Waals surface area contributed by atoms with E-state index in [0.29, 0.717) is 5.92 Å². The molecule has 0 radical (unpaired) electrons. The monoisotopic (exact) mass is 296 g/mol. The predicted octanol–water partition coefficient (Wildman–Crippen LogP) is 2.25. The maximum Gasteiger partial charge on any atom is 0.311 e. The van der Waals surface area contributed by atoms with Crippen molar-refractivity contribution in [3.63, 3.8) is 0 Å². The Labute approximate surface area is 128 Å². The van der Waals surface area contributed by atoms with Crippen molar-refractivity contribution in [3.05, 3.63) is 0 Å². The van der Waals surface area contributed by atoms with Crippen molar-refractivity contribution in [2.75, 3.05) is 7.11 Å². The molecule has 0 unspecified atom stereocenters. The summed E-state index contributed by atoms with van der Waals surface area (Å²) in [6, 6.07) is 0. The number of aliphatic hydroxyl groups excluding tert-OH is 1. The van der Waals surface area contributed by atoms with Gasteiger partial charge in [-0.2, -0.15) is 0 Å². The molecule has 4 nitrogen and oxygen atoms in total. The molecule has 4 heteroatoms. The first-order chi connectivity index (χ1) is 9.83. The third-order valence-corrected chi connectivity index (χ3v) is 4.76. The van der Waals surface area contributed by atoms with Crippen molar-refractivity contribution in [2.24, 2.45) is 23.7 Å². The van der Waals surface area contributed by atoms with Gasteiger partial charge >= 0.3 is 5.97 Å². The molecular formula is C17H28O4. The van der Waals surface area contributed by atoms with Crippen molar-refractivity contribution < 1.29 is 19.4 Å². The minimum atomic E-state index is -0.602. The Morgan fingerprint density at radius 2 is 2.00 bits per heavy atom. The van der Waals surface area contributed by atoms with Crippen LogP contribution in [0.25, 0.3) is 0 Å². The van der Waals surface area contributed by atoms with Gasteiger partial charge in [0.25, 0.3) is 0 Å². The number of methoxy groups -OCH3 is 1. The number of carbonyl (C=O) groups excluding carboxylic acids is 1. The highest BCUT2D eigenvalue weighted by Crippen LogP contribution is 2.34. The molecule has 21 heavy (non-hydrogen) atoms. The maximum atomic E-state index is 11.7. The normalized spacial score (nSPS) is 31.6. The standard InChI is InChI=1S/C17H28O4/c1-7-10(2)15(18)13(5)16-11(3)8-9-14(21-16)12(4)17(19)20-6/h1,10-16,18H,8-9H2,2-6H3/t10-,11-,12-,13-,14-,15-,16-/m0/s1. The summed E-state index contributed by atoms with van der Waals surface area (Å²) < 4.78 is 10.9. The van der Waals surface area contributed by atoms with Crippen LogP contribution in [-0.4, -0.2) is 36.5 Å². The highest BCUT2D eigenvalue weighted by atomic mass is 16.5. The van der Waals surface area contributed by atoms with Crippen LogP contribution in [-0.2, 0) is 14.3 Å². The summed E-state index contributed by atoms with van der Waals surface area (Å²) in [5.41, 5.74) is 0. The van der Waals surface area contributed by atoms with Gasteiger partial charge in [-0.1, -0.05) is 13.8 Å². The van der Waals surface area contributed by atoms with E-state index in [1.165, 1.54) is 7.11 Å². The second kappa shape index (κ2) is 7.82. The molecule has 0 saturated carbocycles. The molecule has 1 fully saturated rings. The van der Waals surface area contributed by atoms with E-state index in [9.17, 15) is 9.90 Å². The van der Waals surface area contributed by atoms with Gasteiger partial charge in [0.1, 0.15) is 0 Å². The number of esters is 1. The average molecular weight is 296 g/mol. The lowest BCUT2D eigenvalue weighted by molar-refractivity contribution is -0.167. The molecule has 1 saturated heterocycles. The van der Waals surface area contributed by atoms with Crippen molar-refractivity contribution >= 4 is 5.97 Å². The molecule has 1 aliphatic heterocycles. The fourth-order valence-electron chi connectivity index (χ4n) is 3.09. The lowest BCUT2D eigenvalue weighted by atomic mass is 9.79. The van der Waals surface area contributed by atoms with Crippen LogP contribution in [0.1, 0.15) is 40.5 Å². The molecular weight excluding hydrogens is 268 g/mol. The van der Waals surface area contributed by atoms with Crippen molar-refractivity contribution in [1.82, 2.24) is 0 Å². The lowest BCUT2D eigenvalue weighted by Crippen LogP contribution is -2.46. The van der Waals surface area contributed by atoms with E-state index in [2.05, 4.69) is 12.8 Å². The molecule has 0 aliphatic carbocycles. The van der Waals surface area contributed by atoms with E-state index < -0.39 is 6.10 Å². The molecule has 0 bridgehead atoms. The third kappa shape index (κ3) is 4.21. The molecule has 7 atom stereocenters. The topological polar surface area (TPSA) is 55.8 Å². The highest BCUT2D eigenvalue weighted by molar-refractivity contribution is 5.72. The summed E-state index contributed by atoms with van der Waals surface area (Å²) in [5, 5.41) is 10.3. The van der Waals surface area contributed by atoms with E-state index >= 15 is 0 Å².